The highest BCUT2D eigenvalue weighted by molar-refractivity contribution is 6.53. The predicted octanol–water partition coefficient (Wildman–Crippen LogP) is 3.77. The van der Waals surface area contributed by atoms with Gasteiger partial charge < -0.3 is 19.5 Å². The molecule has 2 aromatic carbocycles. The number of rotatable bonds is 3. The minimum Gasteiger partial charge on any atom is -0.508 e. The second kappa shape index (κ2) is 10.3. The number of alkyl halides is 2. The summed E-state index contributed by atoms with van der Waals surface area (Å²) in [6.07, 6.45) is 3.90. The van der Waals surface area contributed by atoms with Crippen LogP contribution in [-0.2, 0) is 30.3 Å². The third-order valence-electron chi connectivity index (χ3n) is 10.6. The van der Waals surface area contributed by atoms with E-state index in [1.54, 1.807) is 24.3 Å². The van der Waals surface area contributed by atoms with Crippen LogP contribution in [-0.4, -0.2) is 76.7 Å². The molecule has 4 amide bonds. The van der Waals surface area contributed by atoms with E-state index in [9.17, 15) is 24.3 Å². The van der Waals surface area contributed by atoms with Crippen molar-refractivity contribution in [2.45, 2.75) is 29.0 Å². The van der Waals surface area contributed by atoms with Crippen molar-refractivity contribution in [3.05, 3.63) is 71.5 Å². The summed E-state index contributed by atoms with van der Waals surface area (Å²) in [6.45, 7) is 2.80. The number of phenols is 1. The number of benzene rings is 2. The average Bonchev–Trinajstić information content (AvgIpc) is 3.39. The number of likely N-dealkylation sites (tertiary alicyclic amines) is 1. The zero-order chi connectivity index (χ0) is 32.1. The molecular formula is C34H31Cl2N3O7. The summed E-state index contributed by atoms with van der Waals surface area (Å²) in [5.41, 5.74) is 3.44. The summed E-state index contributed by atoms with van der Waals surface area (Å²) >= 11 is 14.6. The number of hydrogen-bond donors (Lipinski definition) is 1. The van der Waals surface area contributed by atoms with Gasteiger partial charge in [-0.1, -0.05) is 11.6 Å². The predicted molar refractivity (Wildman–Crippen MR) is 169 cm³/mol. The molecule has 12 heteroatoms. The van der Waals surface area contributed by atoms with Crippen LogP contribution in [0.5, 0.6) is 11.5 Å². The smallest absolute Gasteiger partial charge is 0.253 e. The monoisotopic (exact) mass is 663 g/mol. The van der Waals surface area contributed by atoms with E-state index in [0.29, 0.717) is 41.4 Å². The Hall–Kier alpha value is -3.86. The van der Waals surface area contributed by atoms with Crippen molar-refractivity contribution in [2.75, 3.05) is 43.2 Å². The van der Waals surface area contributed by atoms with Gasteiger partial charge in [0.05, 0.1) is 37.0 Å². The highest BCUT2D eigenvalue weighted by Crippen LogP contribution is 2.64. The van der Waals surface area contributed by atoms with Gasteiger partial charge in [-0.3, -0.25) is 29.0 Å². The van der Waals surface area contributed by atoms with Crippen LogP contribution in [0, 0.1) is 23.7 Å². The zero-order valence-corrected chi connectivity index (χ0v) is 26.5. The maximum absolute atomic E-state index is 14.3. The molecule has 4 aliphatic heterocycles. The normalized spacial score (nSPS) is 33.6. The van der Waals surface area contributed by atoms with E-state index in [0.717, 1.165) is 23.7 Å². The molecule has 3 saturated heterocycles. The van der Waals surface area contributed by atoms with Crippen molar-refractivity contribution in [1.82, 2.24) is 4.90 Å². The molecule has 0 aromatic heterocycles. The summed E-state index contributed by atoms with van der Waals surface area (Å²) in [4.78, 5) is 56.4. The number of anilines is 2. The van der Waals surface area contributed by atoms with Crippen LogP contribution in [0.3, 0.4) is 0 Å². The van der Waals surface area contributed by atoms with Gasteiger partial charge in [0.2, 0.25) is 11.8 Å². The number of morpholine rings is 1. The Kier molecular flexibility index (Phi) is 6.63. The van der Waals surface area contributed by atoms with Crippen molar-refractivity contribution >= 4 is 58.2 Å². The van der Waals surface area contributed by atoms with Crippen LogP contribution >= 0.6 is 23.2 Å². The number of halogens is 2. The third kappa shape index (κ3) is 3.93. The Morgan fingerprint density at radius 3 is 2.37 bits per heavy atom. The van der Waals surface area contributed by atoms with Gasteiger partial charge in [-0.15, -0.1) is 23.2 Å². The van der Waals surface area contributed by atoms with E-state index in [1.807, 2.05) is 18.2 Å². The molecule has 0 radical (unpaired) electrons. The maximum atomic E-state index is 14.3. The van der Waals surface area contributed by atoms with E-state index in [4.69, 9.17) is 32.7 Å². The SMILES string of the molecule is CN1C(=O)[C@]2(Cl)C[C@@H]3C(=CC[C@@H]4C(=O)N(c5ccc(N6CCOCC6)cc5)C(=O)[C@@H]43)[C@H](C3=COc4ccc(O)cc4C3)[C@]2(Cl)C1=O. The summed E-state index contributed by atoms with van der Waals surface area (Å²) in [5.74, 6) is -4.29. The van der Waals surface area contributed by atoms with Crippen LogP contribution < -0.4 is 14.5 Å². The van der Waals surface area contributed by atoms with Gasteiger partial charge in [0.15, 0.2) is 9.75 Å². The molecule has 4 heterocycles. The number of aromatic hydroxyl groups is 1. The Morgan fingerprint density at radius 1 is 0.913 bits per heavy atom. The first-order chi connectivity index (χ1) is 22.0. The topological polar surface area (TPSA) is 117 Å². The van der Waals surface area contributed by atoms with Gasteiger partial charge in [-0.25, -0.2) is 0 Å². The molecule has 2 aliphatic carbocycles. The lowest BCUT2D eigenvalue weighted by molar-refractivity contribution is -0.138. The average molecular weight is 665 g/mol. The number of carbonyl (C=O) groups is 4. The highest BCUT2D eigenvalue weighted by atomic mass is 35.5. The first kappa shape index (κ1) is 29.5. The lowest BCUT2D eigenvalue weighted by Crippen LogP contribution is -2.61. The van der Waals surface area contributed by atoms with E-state index in [-0.39, 0.29) is 36.8 Å². The minimum absolute atomic E-state index is 0.0529. The molecule has 1 saturated carbocycles. The molecule has 0 spiro atoms. The number of nitrogens with zero attached hydrogens (tertiary/aromatic N) is 3. The van der Waals surface area contributed by atoms with Gasteiger partial charge in [0, 0.05) is 43.7 Å². The number of imide groups is 2. The molecule has 1 N–H and O–H groups in total. The fraction of sp³-hybridized carbons (Fsp3) is 0.412. The molecule has 46 heavy (non-hydrogen) atoms. The molecule has 4 fully saturated rings. The Morgan fingerprint density at radius 2 is 1.63 bits per heavy atom. The lowest BCUT2D eigenvalue weighted by Gasteiger charge is -2.51. The first-order valence-corrected chi connectivity index (χ1v) is 16.2. The van der Waals surface area contributed by atoms with Crippen LogP contribution in [0.25, 0.3) is 0 Å². The van der Waals surface area contributed by atoms with Crippen LogP contribution in [0.4, 0.5) is 11.4 Å². The number of fused-ring (bicyclic) bond motifs is 5. The molecule has 8 rings (SSSR count). The molecule has 10 nitrogen and oxygen atoms in total. The number of phenolic OH excluding ortho intramolecular Hbond substituents is 1. The summed E-state index contributed by atoms with van der Waals surface area (Å²) in [7, 11) is 1.36. The number of allylic oxidation sites excluding steroid dienone is 3. The number of carbonyl (C=O) groups excluding carboxylic acids is 4. The third-order valence-corrected chi connectivity index (χ3v) is 12.1. The Bertz CT molecular complexity index is 1770. The minimum atomic E-state index is -1.89. The maximum Gasteiger partial charge on any atom is 0.253 e. The Balaban J connectivity index is 1.18. The van der Waals surface area contributed by atoms with Crippen LogP contribution in [0.1, 0.15) is 18.4 Å². The van der Waals surface area contributed by atoms with Crippen molar-refractivity contribution in [3.8, 4) is 11.5 Å². The quantitative estimate of drug-likeness (QED) is 0.300. The van der Waals surface area contributed by atoms with Gasteiger partial charge in [0.25, 0.3) is 11.8 Å². The second-order valence-electron chi connectivity index (χ2n) is 12.9. The number of amides is 4. The fourth-order valence-corrected chi connectivity index (χ4v) is 9.48. The summed E-state index contributed by atoms with van der Waals surface area (Å²) in [5, 5.41) is 10.2. The van der Waals surface area contributed by atoms with Gasteiger partial charge >= 0.3 is 0 Å². The largest absolute Gasteiger partial charge is 0.508 e. The molecule has 6 atom stereocenters. The van der Waals surface area contributed by atoms with Crippen LogP contribution in [0.2, 0.25) is 0 Å². The zero-order valence-electron chi connectivity index (χ0n) is 24.9. The van der Waals surface area contributed by atoms with Gasteiger partial charge in [-0.05, 0) is 66.8 Å². The molecule has 6 aliphatic rings. The standard InChI is InChI=1S/C34H31Cl2N3O7/c1-37-31(43)33(35)16-25-23(28(34(33,36)32(37)44)19-14-18-15-22(40)6-9-26(18)46-17-19)7-8-24-27(25)30(42)39(29(24)41)21-4-2-20(3-5-21)38-10-12-45-13-11-38/h2-7,9,15,17,24-25,27-28,40H,8,10-14,16H2,1H3/t24-,25+,27-,28-,33+,34-/m0/s1. The highest BCUT2D eigenvalue weighted by Gasteiger charge is 2.76. The second-order valence-corrected chi connectivity index (χ2v) is 14.1. The van der Waals surface area contributed by atoms with Crippen molar-refractivity contribution in [2.24, 2.45) is 23.7 Å². The van der Waals surface area contributed by atoms with Gasteiger partial charge in [0.1, 0.15) is 11.5 Å². The van der Waals surface area contributed by atoms with E-state index in [2.05, 4.69) is 4.90 Å². The van der Waals surface area contributed by atoms with E-state index >= 15 is 0 Å². The summed E-state index contributed by atoms with van der Waals surface area (Å²) in [6, 6.07) is 12.1. The first-order valence-electron chi connectivity index (χ1n) is 15.4. The molecule has 0 bridgehead atoms. The fourth-order valence-electron chi connectivity index (χ4n) is 8.44. The van der Waals surface area contributed by atoms with Gasteiger partial charge in [-0.2, -0.15) is 0 Å². The lowest BCUT2D eigenvalue weighted by atomic mass is 9.56. The molecule has 238 valence electrons. The van der Waals surface area contributed by atoms with Crippen molar-refractivity contribution in [3.63, 3.8) is 0 Å². The summed E-state index contributed by atoms with van der Waals surface area (Å²) < 4.78 is 11.4. The van der Waals surface area contributed by atoms with E-state index in [1.165, 1.54) is 24.3 Å². The molecular weight excluding hydrogens is 633 g/mol. The number of ether oxygens (including phenoxy) is 2. The van der Waals surface area contributed by atoms with Crippen molar-refractivity contribution < 1.29 is 33.8 Å². The Labute approximate surface area is 275 Å². The van der Waals surface area contributed by atoms with Crippen molar-refractivity contribution in [1.29, 1.82) is 0 Å². The molecule has 0 unspecified atom stereocenters. The van der Waals surface area contributed by atoms with E-state index < -0.39 is 45.2 Å². The molecule has 2 aromatic rings. The van der Waals surface area contributed by atoms with Crippen LogP contribution in [0.15, 0.2) is 65.9 Å². The number of hydrogen-bond acceptors (Lipinski definition) is 8.